The molecule has 0 aliphatic heterocycles. The first kappa shape index (κ1) is 17.6. The van der Waals surface area contributed by atoms with Gasteiger partial charge in [-0.3, -0.25) is 4.79 Å². The molecule has 0 amide bonds. The molecular formula is C18H21N5OS3. The molecule has 0 spiro atoms. The highest BCUT2D eigenvalue weighted by atomic mass is 32.2. The first-order valence-corrected chi connectivity index (χ1v) is 11.9. The second-order valence-corrected chi connectivity index (χ2v) is 11.2. The predicted molar refractivity (Wildman–Crippen MR) is 112 cm³/mol. The lowest BCUT2D eigenvalue weighted by Gasteiger charge is -2.17. The van der Waals surface area contributed by atoms with Crippen molar-refractivity contribution in [1.29, 1.82) is 0 Å². The summed E-state index contributed by atoms with van der Waals surface area (Å²) in [6.45, 7) is 4.34. The maximum absolute atomic E-state index is 12.8. The van der Waals surface area contributed by atoms with Gasteiger partial charge in [-0.15, -0.1) is 21.5 Å². The van der Waals surface area contributed by atoms with Gasteiger partial charge >= 0.3 is 0 Å². The van der Waals surface area contributed by atoms with E-state index in [1.165, 1.54) is 23.3 Å². The van der Waals surface area contributed by atoms with Crippen LogP contribution in [0.25, 0.3) is 10.2 Å². The van der Waals surface area contributed by atoms with E-state index >= 15 is 0 Å². The second-order valence-electron chi connectivity index (χ2n) is 7.53. The minimum absolute atomic E-state index is 0.00264. The number of nitrogens with zero attached hydrogens (tertiary/aromatic N) is 3. The Kier molecular flexibility index (Phi) is 4.48. The summed E-state index contributed by atoms with van der Waals surface area (Å²) < 4.78 is 0.896. The molecule has 142 valence electrons. The lowest BCUT2D eigenvalue weighted by atomic mass is 9.89. The number of anilines is 1. The zero-order valence-corrected chi connectivity index (χ0v) is 17.7. The Hall–Kier alpha value is -1.45. The van der Waals surface area contributed by atoms with Gasteiger partial charge in [-0.05, 0) is 50.5 Å². The van der Waals surface area contributed by atoms with Crippen molar-refractivity contribution in [3.05, 3.63) is 26.6 Å². The van der Waals surface area contributed by atoms with Gasteiger partial charge in [0.15, 0.2) is 4.34 Å². The summed E-state index contributed by atoms with van der Waals surface area (Å²) in [5.41, 5.74) is 1.23. The van der Waals surface area contributed by atoms with Crippen LogP contribution < -0.4 is 10.9 Å². The zero-order chi connectivity index (χ0) is 18.5. The fraction of sp³-hybridized carbons (Fsp3) is 0.556. The van der Waals surface area contributed by atoms with Crippen molar-refractivity contribution in [3.63, 3.8) is 0 Å². The third-order valence-electron chi connectivity index (χ3n) is 5.16. The third-order valence-corrected chi connectivity index (χ3v) is 8.35. The molecule has 0 saturated heterocycles. The summed E-state index contributed by atoms with van der Waals surface area (Å²) >= 11 is 4.86. The molecule has 2 N–H and O–H groups in total. The molecule has 27 heavy (non-hydrogen) atoms. The Bertz CT molecular complexity index is 1050. The molecule has 0 bridgehead atoms. The molecule has 3 heterocycles. The fourth-order valence-corrected chi connectivity index (χ4v) is 6.90. The van der Waals surface area contributed by atoms with Gasteiger partial charge in [0.05, 0.1) is 10.6 Å². The van der Waals surface area contributed by atoms with E-state index in [-0.39, 0.29) is 10.8 Å². The molecule has 0 aromatic carbocycles. The number of H-pyrrole nitrogens is 1. The third kappa shape index (κ3) is 3.52. The van der Waals surface area contributed by atoms with Crippen LogP contribution in [-0.4, -0.2) is 26.2 Å². The van der Waals surface area contributed by atoms with Crippen molar-refractivity contribution in [1.82, 2.24) is 20.2 Å². The van der Waals surface area contributed by atoms with Gasteiger partial charge in [0, 0.05) is 10.9 Å². The van der Waals surface area contributed by atoms with E-state index in [2.05, 4.69) is 34.3 Å². The Labute approximate surface area is 169 Å². The van der Waals surface area contributed by atoms with Gasteiger partial charge in [-0.1, -0.05) is 30.0 Å². The molecular weight excluding hydrogens is 398 g/mol. The molecule has 3 aromatic heterocycles. The molecule has 1 saturated carbocycles. The number of thioether (sulfide) groups is 1. The van der Waals surface area contributed by atoms with Gasteiger partial charge in [-0.25, -0.2) is 4.98 Å². The minimum atomic E-state index is 0.00264. The van der Waals surface area contributed by atoms with Crippen LogP contribution in [0.1, 0.15) is 54.6 Å². The van der Waals surface area contributed by atoms with Crippen LogP contribution in [0.4, 0.5) is 5.13 Å². The first-order valence-electron chi connectivity index (χ1n) is 9.38. The predicted octanol–water partition coefficient (Wildman–Crippen LogP) is 4.39. The summed E-state index contributed by atoms with van der Waals surface area (Å²) in [5, 5.41) is 13.6. The van der Waals surface area contributed by atoms with Crippen LogP contribution in [0.5, 0.6) is 0 Å². The Morgan fingerprint density at radius 1 is 1.26 bits per heavy atom. The molecule has 3 aromatic rings. The highest BCUT2D eigenvalue weighted by molar-refractivity contribution is 8.01. The van der Waals surface area contributed by atoms with Gasteiger partial charge < -0.3 is 10.3 Å². The van der Waals surface area contributed by atoms with Crippen molar-refractivity contribution in [2.75, 3.05) is 5.32 Å². The molecule has 2 atom stereocenters. The van der Waals surface area contributed by atoms with Crippen molar-refractivity contribution < 1.29 is 0 Å². The monoisotopic (exact) mass is 419 g/mol. The second kappa shape index (κ2) is 6.86. The van der Waals surface area contributed by atoms with E-state index in [1.807, 2.05) is 0 Å². The molecule has 0 radical (unpaired) electrons. The first-order chi connectivity index (χ1) is 13.1. The Morgan fingerprint density at radius 2 is 2.11 bits per heavy atom. The SMILES string of the molecule is C[C@H]1CCc2c(sc3nc([C@@H](C)Sc4nnc(NC5CC5)s4)[nH]c(=O)c23)C1. The lowest BCUT2D eigenvalue weighted by molar-refractivity contribution is 0.509. The van der Waals surface area contributed by atoms with E-state index in [9.17, 15) is 4.79 Å². The number of hydrogen-bond donors (Lipinski definition) is 2. The van der Waals surface area contributed by atoms with Gasteiger partial charge in [0.1, 0.15) is 10.7 Å². The van der Waals surface area contributed by atoms with Crippen molar-refractivity contribution in [2.24, 2.45) is 5.92 Å². The largest absolute Gasteiger partial charge is 0.357 e. The molecule has 6 nitrogen and oxygen atoms in total. The highest BCUT2D eigenvalue weighted by Gasteiger charge is 2.25. The van der Waals surface area contributed by atoms with Crippen LogP contribution in [0.3, 0.4) is 0 Å². The van der Waals surface area contributed by atoms with Crippen molar-refractivity contribution >= 4 is 49.8 Å². The van der Waals surface area contributed by atoms with Crippen LogP contribution in [0.15, 0.2) is 9.13 Å². The molecule has 2 aliphatic carbocycles. The van der Waals surface area contributed by atoms with E-state index in [0.29, 0.717) is 12.0 Å². The number of nitrogens with one attached hydrogen (secondary N) is 2. The average Bonchev–Trinajstić information content (AvgIpc) is 3.20. The molecule has 2 aliphatic rings. The smallest absolute Gasteiger partial charge is 0.259 e. The topological polar surface area (TPSA) is 83.6 Å². The minimum Gasteiger partial charge on any atom is -0.357 e. The Balaban J connectivity index is 1.40. The standard InChI is InChI=1S/C18H21N5OS3/c1-8-3-6-11-12(7-8)26-16-13(11)15(24)20-14(21-16)9(2)25-18-23-22-17(27-18)19-10-4-5-10/h8-10H,3-7H2,1-2H3,(H,19,22)(H,20,21,24)/t8-,9+/m0/s1. The van der Waals surface area contributed by atoms with Crippen LogP contribution in [-0.2, 0) is 12.8 Å². The number of rotatable bonds is 5. The molecule has 1 fully saturated rings. The van der Waals surface area contributed by atoms with E-state index in [0.717, 1.165) is 44.8 Å². The zero-order valence-electron chi connectivity index (χ0n) is 15.2. The van der Waals surface area contributed by atoms with Crippen LogP contribution in [0.2, 0.25) is 0 Å². The summed E-state index contributed by atoms with van der Waals surface area (Å²) in [7, 11) is 0. The van der Waals surface area contributed by atoms with Gasteiger partial charge in [-0.2, -0.15) is 0 Å². The normalized spacial score (nSPS) is 20.6. The fourth-order valence-electron chi connectivity index (χ4n) is 3.48. The lowest BCUT2D eigenvalue weighted by Crippen LogP contribution is -2.15. The summed E-state index contributed by atoms with van der Waals surface area (Å²) in [5.74, 6) is 1.41. The number of thiophene rings is 1. The summed E-state index contributed by atoms with van der Waals surface area (Å²) in [4.78, 5) is 22.8. The number of aromatic amines is 1. The molecule has 9 heteroatoms. The molecule has 5 rings (SSSR count). The number of hydrogen-bond acceptors (Lipinski definition) is 8. The van der Waals surface area contributed by atoms with Crippen molar-refractivity contribution in [2.45, 2.75) is 61.6 Å². The number of aryl methyl sites for hydroxylation is 1. The van der Waals surface area contributed by atoms with Crippen LogP contribution in [0, 0.1) is 5.92 Å². The van der Waals surface area contributed by atoms with Crippen molar-refractivity contribution in [3.8, 4) is 0 Å². The van der Waals surface area contributed by atoms with Gasteiger partial charge in [0.25, 0.3) is 5.56 Å². The van der Waals surface area contributed by atoms with E-state index in [1.54, 1.807) is 34.4 Å². The average molecular weight is 420 g/mol. The summed E-state index contributed by atoms with van der Waals surface area (Å²) in [6.07, 6.45) is 5.64. The quantitative estimate of drug-likeness (QED) is 0.597. The van der Waals surface area contributed by atoms with Crippen LogP contribution >= 0.6 is 34.4 Å². The number of aromatic nitrogens is 4. The number of fused-ring (bicyclic) bond motifs is 3. The summed E-state index contributed by atoms with van der Waals surface area (Å²) in [6, 6.07) is 0.571. The van der Waals surface area contributed by atoms with Gasteiger partial charge in [0.2, 0.25) is 5.13 Å². The Morgan fingerprint density at radius 3 is 2.93 bits per heavy atom. The van der Waals surface area contributed by atoms with E-state index < -0.39 is 0 Å². The van der Waals surface area contributed by atoms with E-state index in [4.69, 9.17) is 4.98 Å². The molecule has 0 unspecified atom stereocenters. The highest BCUT2D eigenvalue weighted by Crippen LogP contribution is 2.39. The maximum atomic E-state index is 12.8. The maximum Gasteiger partial charge on any atom is 0.259 e.